The van der Waals surface area contributed by atoms with Crippen molar-refractivity contribution in [1.82, 2.24) is 15.0 Å². The largest absolute Gasteiger partial charge is 0.494 e. The number of benzene rings is 1. The Kier molecular flexibility index (Phi) is 2.83. The lowest BCUT2D eigenvalue weighted by Gasteiger charge is -2.08. The fraction of sp³-hybridized carbons (Fsp3) is 0.0714. The van der Waals surface area contributed by atoms with E-state index in [0.29, 0.717) is 22.4 Å². The summed E-state index contributed by atoms with van der Waals surface area (Å²) in [5, 5.41) is 0.782. The lowest BCUT2D eigenvalue weighted by molar-refractivity contribution is 0.419. The quantitative estimate of drug-likeness (QED) is 0.733. The molecule has 0 fully saturated rings. The van der Waals surface area contributed by atoms with E-state index in [1.165, 1.54) is 6.20 Å². The second-order valence-electron chi connectivity index (χ2n) is 4.20. The minimum atomic E-state index is -0.533. The first-order valence-corrected chi connectivity index (χ1v) is 5.95. The zero-order chi connectivity index (χ0) is 14.1. The number of H-pyrrole nitrogens is 2. The summed E-state index contributed by atoms with van der Waals surface area (Å²) in [7, 11) is 1.57. The Balaban J connectivity index is 2.38. The maximum absolute atomic E-state index is 11.9. The summed E-state index contributed by atoms with van der Waals surface area (Å²) >= 11 is 0. The van der Waals surface area contributed by atoms with Crippen molar-refractivity contribution in [1.29, 1.82) is 0 Å². The summed E-state index contributed by atoms with van der Waals surface area (Å²) in [4.78, 5) is 32.0. The number of pyridine rings is 1. The first-order valence-electron chi connectivity index (χ1n) is 5.95. The predicted molar refractivity (Wildman–Crippen MR) is 75.0 cm³/mol. The highest BCUT2D eigenvalue weighted by atomic mass is 16.5. The maximum atomic E-state index is 11.9. The van der Waals surface area contributed by atoms with Gasteiger partial charge in [0.2, 0.25) is 0 Å². The van der Waals surface area contributed by atoms with Crippen LogP contribution in [0.2, 0.25) is 0 Å². The highest BCUT2D eigenvalue weighted by Gasteiger charge is 2.11. The molecule has 2 aromatic heterocycles. The van der Waals surface area contributed by atoms with E-state index in [2.05, 4.69) is 15.0 Å². The van der Waals surface area contributed by atoms with Gasteiger partial charge >= 0.3 is 5.69 Å². The Bertz CT molecular complexity index is 896. The van der Waals surface area contributed by atoms with Gasteiger partial charge in [-0.05, 0) is 23.8 Å². The molecule has 2 N–H and O–H groups in total. The molecule has 3 rings (SSSR count). The summed E-state index contributed by atoms with van der Waals surface area (Å²) in [6.07, 6.45) is 3.06. The predicted octanol–water partition coefficient (Wildman–Crippen LogP) is 1.29. The van der Waals surface area contributed by atoms with Crippen molar-refractivity contribution in [3.8, 4) is 16.9 Å². The Morgan fingerprint density at radius 2 is 2.00 bits per heavy atom. The lowest BCUT2D eigenvalue weighted by Crippen LogP contribution is -2.22. The second-order valence-corrected chi connectivity index (χ2v) is 4.20. The molecule has 0 atom stereocenters. The SMILES string of the molecule is COc1ccc(-c2c[nH]c(=O)[nH]c2=O)c2cccnc12. The van der Waals surface area contributed by atoms with E-state index in [9.17, 15) is 9.59 Å². The van der Waals surface area contributed by atoms with Gasteiger partial charge in [0.05, 0.1) is 12.7 Å². The molecule has 0 aliphatic rings. The minimum absolute atomic E-state index is 0.380. The van der Waals surface area contributed by atoms with Crippen molar-refractivity contribution in [2.24, 2.45) is 0 Å². The van der Waals surface area contributed by atoms with Crippen LogP contribution in [0.3, 0.4) is 0 Å². The van der Waals surface area contributed by atoms with Gasteiger partial charge in [-0.2, -0.15) is 0 Å². The number of nitrogens with one attached hydrogen (secondary N) is 2. The zero-order valence-electron chi connectivity index (χ0n) is 10.6. The van der Waals surface area contributed by atoms with Crippen molar-refractivity contribution in [3.63, 3.8) is 0 Å². The molecule has 1 aromatic carbocycles. The molecule has 2 heterocycles. The Labute approximate surface area is 113 Å². The third-order valence-corrected chi connectivity index (χ3v) is 3.06. The van der Waals surface area contributed by atoms with Gasteiger partial charge in [0.15, 0.2) is 0 Å². The molecule has 0 spiro atoms. The molecule has 0 aliphatic heterocycles. The van der Waals surface area contributed by atoms with E-state index >= 15 is 0 Å². The zero-order valence-corrected chi connectivity index (χ0v) is 10.6. The van der Waals surface area contributed by atoms with Crippen molar-refractivity contribution >= 4 is 10.9 Å². The Morgan fingerprint density at radius 1 is 1.15 bits per heavy atom. The van der Waals surface area contributed by atoms with E-state index in [0.717, 1.165) is 5.39 Å². The van der Waals surface area contributed by atoms with Gasteiger partial charge in [-0.25, -0.2) is 4.79 Å². The summed E-state index contributed by atoms with van der Waals surface area (Å²) in [6.45, 7) is 0. The smallest absolute Gasteiger partial charge is 0.325 e. The second kappa shape index (κ2) is 4.65. The van der Waals surface area contributed by atoms with Crippen molar-refractivity contribution in [3.05, 3.63) is 57.5 Å². The monoisotopic (exact) mass is 269 g/mol. The molecule has 0 radical (unpaired) electrons. The van der Waals surface area contributed by atoms with E-state index < -0.39 is 11.2 Å². The maximum Gasteiger partial charge on any atom is 0.325 e. The number of nitrogens with zero attached hydrogens (tertiary/aromatic N) is 1. The number of methoxy groups -OCH3 is 1. The van der Waals surface area contributed by atoms with Crippen LogP contribution in [0.15, 0.2) is 46.2 Å². The van der Waals surface area contributed by atoms with Crippen LogP contribution >= 0.6 is 0 Å². The summed E-state index contributed by atoms with van der Waals surface area (Å²) < 4.78 is 5.26. The number of rotatable bonds is 2. The fourth-order valence-corrected chi connectivity index (χ4v) is 2.16. The van der Waals surface area contributed by atoms with Gasteiger partial charge in [0.1, 0.15) is 11.3 Å². The van der Waals surface area contributed by atoms with E-state index in [4.69, 9.17) is 4.74 Å². The average molecular weight is 269 g/mol. The molecule has 3 aromatic rings. The molecule has 100 valence electrons. The molecule has 0 unspecified atom stereocenters. The van der Waals surface area contributed by atoms with Crippen molar-refractivity contribution < 1.29 is 4.74 Å². The van der Waals surface area contributed by atoms with E-state index in [1.54, 1.807) is 31.5 Å². The Morgan fingerprint density at radius 3 is 2.75 bits per heavy atom. The molecule has 0 amide bonds. The van der Waals surface area contributed by atoms with Crippen LogP contribution in [-0.2, 0) is 0 Å². The highest BCUT2D eigenvalue weighted by molar-refractivity contribution is 5.97. The fourth-order valence-electron chi connectivity index (χ4n) is 2.16. The summed E-state index contributed by atoms with van der Waals surface area (Å²) in [5.41, 5.74) is 0.758. The molecule has 0 saturated carbocycles. The van der Waals surface area contributed by atoms with Crippen LogP contribution in [0.4, 0.5) is 0 Å². The van der Waals surface area contributed by atoms with Gasteiger partial charge < -0.3 is 9.72 Å². The van der Waals surface area contributed by atoms with Crippen LogP contribution in [-0.4, -0.2) is 22.1 Å². The van der Waals surface area contributed by atoms with E-state index in [1.807, 2.05) is 6.07 Å². The van der Waals surface area contributed by atoms with Crippen LogP contribution in [0, 0.1) is 0 Å². The minimum Gasteiger partial charge on any atom is -0.494 e. The van der Waals surface area contributed by atoms with Gasteiger partial charge in [-0.1, -0.05) is 6.07 Å². The standard InChI is InChI=1S/C14H11N3O3/c1-20-11-5-4-8(9-3-2-6-15-12(9)11)10-7-16-14(19)17-13(10)18/h2-7H,1H3,(H2,16,17,18,19). The molecule has 6 heteroatoms. The Hall–Kier alpha value is -2.89. The average Bonchev–Trinajstić information content (AvgIpc) is 2.47. The van der Waals surface area contributed by atoms with Crippen LogP contribution in [0.1, 0.15) is 0 Å². The molecule has 0 aliphatic carbocycles. The van der Waals surface area contributed by atoms with Crippen LogP contribution in [0.25, 0.3) is 22.0 Å². The van der Waals surface area contributed by atoms with Crippen molar-refractivity contribution in [2.75, 3.05) is 7.11 Å². The van der Waals surface area contributed by atoms with Gasteiger partial charge in [0, 0.05) is 17.8 Å². The molecule has 6 nitrogen and oxygen atoms in total. The number of hydrogen-bond acceptors (Lipinski definition) is 4. The number of hydrogen-bond donors (Lipinski definition) is 2. The first-order chi connectivity index (χ1) is 9.70. The molecule has 0 saturated heterocycles. The highest BCUT2D eigenvalue weighted by Crippen LogP contribution is 2.31. The van der Waals surface area contributed by atoms with E-state index in [-0.39, 0.29) is 0 Å². The molecule has 0 bridgehead atoms. The van der Waals surface area contributed by atoms with Gasteiger partial charge in [-0.3, -0.25) is 14.8 Å². The van der Waals surface area contributed by atoms with Crippen LogP contribution in [0.5, 0.6) is 5.75 Å². The molecular weight excluding hydrogens is 258 g/mol. The first kappa shape index (κ1) is 12.2. The summed E-state index contributed by atoms with van der Waals surface area (Å²) in [6, 6.07) is 7.15. The third kappa shape index (κ3) is 1.87. The van der Waals surface area contributed by atoms with Gasteiger partial charge in [-0.15, -0.1) is 0 Å². The molecular formula is C14H11N3O3. The molecule has 20 heavy (non-hydrogen) atoms. The van der Waals surface area contributed by atoms with Crippen LogP contribution < -0.4 is 16.0 Å². The number of aromatic nitrogens is 3. The number of aromatic amines is 2. The third-order valence-electron chi connectivity index (χ3n) is 3.06. The normalized spacial score (nSPS) is 10.7. The topological polar surface area (TPSA) is 87.8 Å². The lowest BCUT2D eigenvalue weighted by atomic mass is 10.0. The van der Waals surface area contributed by atoms with Gasteiger partial charge in [0.25, 0.3) is 5.56 Å². The number of fused-ring (bicyclic) bond motifs is 1. The number of ether oxygens (including phenoxy) is 1. The van der Waals surface area contributed by atoms with Crippen molar-refractivity contribution in [2.45, 2.75) is 0 Å². The summed E-state index contributed by atoms with van der Waals surface area (Å²) in [5.74, 6) is 0.630.